The topological polar surface area (TPSA) is 19.0 Å². The lowest BCUT2D eigenvalue weighted by Crippen LogP contribution is -2.35. The number of aromatic nitrogens is 1. The second kappa shape index (κ2) is 6.40. The molecule has 2 rings (SSSR count). The Morgan fingerprint density at radius 2 is 1.95 bits per heavy atom. The summed E-state index contributed by atoms with van der Waals surface area (Å²) in [5, 5.41) is 0.751. The highest BCUT2D eigenvalue weighted by atomic mass is 19.1. The number of hydrogen-bond donors (Lipinski definition) is 1. The molecular weight excluding hydrogens is 251 g/mol. The van der Waals surface area contributed by atoms with E-state index in [1.807, 2.05) is 12.3 Å². The average molecular weight is 276 g/mol. The summed E-state index contributed by atoms with van der Waals surface area (Å²) in [6, 6.07) is 5.73. The summed E-state index contributed by atoms with van der Waals surface area (Å²) in [6.07, 6.45) is 2.83. The maximum atomic E-state index is 13.9. The molecule has 0 radical (unpaired) electrons. The van der Waals surface area contributed by atoms with E-state index < -0.39 is 0 Å². The third-order valence-electron chi connectivity index (χ3n) is 3.73. The van der Waals surface area contributed by atoms with E-state index in [0.29, 0.717) is 12.0 Å². The van der Waals surface area contributed by atoms with Crippen LogP contribution in [0.25, 0.3) is 10.9 Å². The predicted molar refractivity (Wildman–Crippen MR) is 83.5 cm³/mol. The smallest absolute Gasteiger partial charge is 0.132 e. The molecule has 110 valence electrons. The molecule has 0 atom stereocenters. The van der Waals surface area contributed by atoms with Gasteiger partial charge in [-0.3, -0.25) is 0 Å². The number of nitrogens with one attached hydrogen (secondary N) is 1. The largest absolute Gasteiger partial charge is 0.361 e. The summed E-state index contributed by atoms with van der Waals surface area (Å²) in [7, 11) is 0. The number of aromatic amines is 1. The zero-order valence-corrected chi connectivity index (χ0v) is 12.9. The molecule has 0 aliphatic rings. The van der Waals surface area contributed by atoms with Gasteiger partial charge in [0.05, 0.1) is 0 Å². The van der Waals surface area contributed by atoms with E-state index in [1.165, 1.54) is 6.07 Å². The number of benzene rings is 1. The number of rotatable bonds is 6. The highest BCUT2D eigenvalue weighted by molar-refractivity contribution is 5.83. The van der Waals surface area contributed by atoms with Gasteiger partial charge in [-0.2, -0.15) is 0 Å². The van der Waals surface area contributed by atoms with Crippen LogP contribution in [0.1, 0.15) is 33.3 Å². The van der Waals surface area contributed by atoms with Crippen molar-refractivity contribution in [2.75, 3.05) is 13.1 Å². The van der Waals surface area contributed by atoms with E-state index in [2.05, 4.69) is 37.6 Å². The molecule has 0 saturated carbocycles. The molecule has 0 fully saturated rings. The van der Waals surface area contributed by atoms with Gasteiger partial charge < -0.3 is 9.88 Å². The normalized spacial score (nSPS) is 12.2. The zero-order chi connectivity index (χ0) is 14.7. The lowest BCUT2D eigenvalue weighted by molar-refractivity contribution is 0.200. The molecule has 0 bridgehead atoms. The Morgan fingerprint density at radius 1 is 1.20 bits per heavy atom. The number of H-pyrrole nitrogens is 1. The second-order valence-electron chi connectivity index (χ2n) is 6.21. The Labute approximate surface area is 121 Å². The monoisotopic (exact) mass is 276 g/mol. The standard InChI is InChI=1S/C17H25FN2/c1-12(2)11-20(13(3)4)9-8-14-10-19-16-7-5-6-15(18)17(14)16/h5-7,10,12-13,19H,8-9,11H2,1-4H3. The highest BCUT2D eigenvalue weighted by Crippen LogP contribution is 2.22. The number of hydrogen-bond acceptors (Lipinski definition) is 1. The van der Waals surface area contributed by atoms with Gasteiger partial charge in [-0.1, -0.05) is 19.9 Å². The molecule has 0 aliphatic carbocycles. The van der Waals surface area contributed by atoms with Crippen LogP contribution in [0.4, 0.5) is 4.39 Å². The van der Waals surface area contributed by atoms with Crippen molar-refractivity contribution in [3.8, 4) is 0 Å². The van der Waals surface area contributed by atoms with Gasteiger partial charge in [0.2, 0.25) is 0 Å². The molecule has 3 heteroatoms. The fourth-order valence-electron chi connectivity index (χ4n) is 2.70. The SMILES string of the molecule is CC(C)CN(CCc1c[nH]c2cccc(F)c12)C(C)C. The van der Waals surface area contributed by atoms with E-state index in [4.69, 9.17) is 0 Å². The van der Waals surface area contributed by atoms with Crippen LogP contribution in [-0.4, -0.2) is 29.0 Å². The van der Waals surface area contributed by atoms with Gasteiger partial charge in [-0.05, 0) is 43.9 Å². The third-order valence-corrected chi connectivity index (χ3v) is 3.73. The molecule has 1 aromatic carbocycles. The minimum absolute atomic E-state index is 0.126. The third kappa shape index (κ3) is 3.40. The number of halogens is 1. The van der Waals surface area contributed by atoms with Crippen LogP contribution in [0.5, 0.6) is 0 Å². The predicted octanol–water partition coefficient (Wildman–Crippen LogP) is 4.22. The van der Waals surface area contributed by atoms with E-state index in [0.717, 1.165) is 36.0 Å². The quantitative estimate of drug-likeness (QED) is 0.837. The van der Waals surface area contributed by atoms with Gasteiger partial charge in [-0.15, -0.1) is 0 Å². The maximum Gasteiger partial charge on any atom is 0.132 e. The van der Waals surface area contributed by atoms with Gasteiger partial charge >= 0.3 is 0 Å². The van der Waals surface area contributed by atoms with E-state index >= 15 is 0 Å². The van der Waals surface area contributed by atoms with E-state index in [-0.39, 0.29) is 5.82 Å². The van der Waals surface area contributed by atoms with Gasteiger partial charge in [-0.25, -0.2) is 4.39 Å². The Bertz CT molecular complexity index is 557. The summed E-state index contributed by atoms with van der Waals surface area (Å²) >= 11 is 0. The number of fused-ring (bicyclic) bond motifs is 1. The molecular formula is C17H25FN2. The maximum absolute atomic E-state index is 13.9. The van der Waals surface area contributed by atoms with Gasteiger partial charge in [0.15, 0.2) is 0 Å². The Morgan fingerprint density at radius 3 is 2.60 bits per heavy atom. The van der Waals surface area contributed by atoms with Crippen molar-refractivity contribution in [3.63, 3.8) is 0 Å². The van der Waals surface area contributed by atoms with Crippen LogP contribution in [0.2, 0.25) is 0 Å². The minimum atomic E-state index is -0.126. The Hall–Kier alpha value is -1.35. The zero-order valence-electron chi connectivity index (χ0n) is 12.9. The van der Waals surface area contributed by atoms with Crippen molar-refractivity contribution >= 4 is 10.9 Å². The first-order valence-electron chi connectivity index (χ1n) is 7.47. The summed E-state index contributed by atoms with van der Waals surface area (Å²) in [5.74, 6) is 0.524. The van der Waals surface area contributed by atoms with Gasteiger partial charge in [0.1, 0.15) is 5.82 Å². The Balaban J connectivity index is 2.12. The second-order valence-corrected chi connectivity index (χ2v) is 6.21. The molecule has 2 nitrogen and oxygen atoms in total. The molecule has 0 aliphatic heterocycles. The summed E-state index contributed by atoms with van der Waals surface area (Å²) in [4.78, 5) is 5.63. The molecule has 20 heavy (non-hydrogen) atoms. The molecule has 0 spiro atoms. The van der Waals surface area contributed by atoms with Gasteiger partial charge in [0.25, 0.3) is 0 Å². The molecule has 2 aromatic rings. The van der Waals surface area contributed by atoms with Crippen LogP contribution < -0.4 is 0 Å². The van der Waals surface area contributed by atoms with Crippen molar-refractivity contribution < 1.29 is 4.39 Å². The van der Waals surface area contributed by atoms with Crippen LogP contribution in [0.15, 0.2) is 24.4 Å². The van der Waals surface area contributed by atoms with E-state index in [1.54, 1.807) is 6.07 Å². The average Bonchev–Trinajstić information content (AvgIpc) is 2.78. The van der Waals surface area contributed by atoms with Crippen LogP contribution in [0.3, 0.4) is 0 Å². The first-order valence-corrected chi connectivity index (χ1v) is 7.47. The Kier molecular flexibility index (Phi) is 4.81. The first-order chi connectivity index (χ1) is 9.49. The van der Waals surface area contributed by atoms with Crippen molar-refractivity contribution in [1.29, 1.82) is 0 Å². The van der Waals surface area contributed by atoms with Crippen molar-refractivity contribution in [2.24, 2.45) is 5.92 Å². The molecule has 0 amide bonds. The van der Waals surface area contributed by atoms with Crippen molar-refractivity contribution in [1.82, 2.24) is 9.88 Å². The van der Waals surface area contributed by atoms with Crippen LogP contribution >= 0.6 is 0 Å². The molecule has 1 heterocycles. The lowest BCUT2D eigenvalue weighted by atomic mass is 10.1. The van der Waals surface area contributed by atoms with E-state index in [9.17, 15) is 4.39 Å². The molecule has 1 aromatic heterocycles. The summed E-state index contributed by atoms with van der Waals surface area (Å²) in [6.45, 7) is 11.0. The fraction of sp³-hybridized carbons (Fsp3) is 0.529. The highest BCUT2D eigenvalue weighted by Gasteiger charge is 2.13. The van der Waals surface area contributed by atoms with Crippen LogP contribution in [0, 0.1) is 11.7 Å². The first kappa shape index (κ1) is 15.0. The van der Waals surface area contributed by atoms with Crippen LogP contribution in [-0.2, 0) is 6.42 Å². The molecule has 0 saturated heterocycles. The minimum Gasteiger partial charge on any atom is -0.361 e. The summed E-state index contributed by atoms with van der Waals surface area (Å²) < 4.78 is 13.9. The molecule has 0 unspecified atom stereocenters. The van der Waals surface area contributed by atoms with Gasteiger partial charge in [0, 0.05) is 36.2 Å². The summed E-state index contributed by atoms with van der Waals surface area (Å²) in [5.41, 5.74) is 1.97. The molecule has 1 N–H and O–H groups in total. The van der Waals surface area contributed by atoms with Crippen molar-refractivity contribution in [2.45, 2.75) is 40.2 Å². The lowest BCUT2D eigenvalue weighted by Gasteiger charge is -2.28. The van der Waals surface area contributed by atoms with Crippen molar-refractivity contribution in [3.05, 3.63) is 35.8 Å². The number of nitrogens with zero attached hydrogens (tertiary/aromatic N) is 1. The fourth-order valence-corrected chi connectivity index (χ4v) is 2.70.